The van der Waals surface area contributed by atoms with Gasteiger partial charge in [-0.05, 0) is 12.8 Å². The zero-order valence-electron chi connectivity index (χ0n) is 9.32. The van der Waals surface area contributed by atoms with E-state index in [4.69, 9.17) is 4.42 Å². The first kappa shape index (κ1) is 11.1. The zero-order valence-corrected chi connectivity index (χ0v) is 9.32. The van der Waals surface area contributed by atoms with E-state index in [2.05, 4.69) is 20.8 Å². The second-order valence-electron chi connectivity index (χ2n) is 3.96. The van der Waals surface area contributed by atoms with Gasteiger partial charge in [-0.3, -0.25) is 4.79 Å². The van der Waals surface area contributed by atoms with Gasteiger partial charge in [-0.25, -0.2) is 0 Å². The number of hydrogen-bond acceptors (Lipinski definition) is 5. The van der Waals surface area contributed by atoms with Crippen LogP contribution in [0.4, 0.5) is 0 Å². The van der Waals surface area contributed by atoms with E-state index in [1.807, 2.05) is 0 Å². The molecule has 0 spiro atoms. The maximum atomic E-state index is 11.3. The van der Waals surface area contributed by atoms with E-state index in [1.54, 1.807) is 6.92 Å². The molecule has 88 valence electrons. The molecule has 16 heavy (non-hydrogen) atoms. The maximum Gasteiger partial charge on any atom is 0.230 e. The van der Waals surface area contributed by atoms with Crippen LogP contribution in [0.15, 0.2) is 4.42 Å². The number of amides is 1. The molecule has 1 aliphatic rings. The summed E-state index contributed by atoms with van der Waals surface area (Å²) >= 11 is 0. The fourth-order valence-corrected chi connectivity index (χ4v) is 1.37. The van der Waals surface area contributed by atoms with E-state index < -0.39 is 0 Å². The van der Waals surface area contributed by atoms with Crippen molar-refractivity contribution in [2.75, 3.05) is 13.1 Å². The Labute approximate surface area is 93.8 Å². The summed E-state index contributed by atoms with van der Waals surface area (Å²) in [5.41, 5.74) is 0. The van der Waals surface area contributed by atoms with Gasteiger partial charge in [0, 0.05) is 25.9 Å². The van der Waals surface area contributed by atoms with Gasteiger partial charge in [0.15, 0.2) is 0 Å². The minimum Gasteiger partial charge on any atom is -0.424 e. The van der Waals surface area contributed by atoms with E-state index in [1.165, 1.54) is 0 Å². The van der Waals surface area contributed by atoms with Crippen LogP contribution >= 0.6 is 0 Å². The molecule has 1 aromatic heterocycles. The van der Waals surface area contributed by atoms with Crippen molar-refractivity contribution in [1.82, 2.24) is 20.8 Å². The molecule has 0 aromatic carbocycles. The van der Waals surface area contributed by atoms with Crippen LogP contribution in [0.1, 0.15) is 24.6 Å². The standard InChI is InChI=1S/C10H16N4O2/c1-7-13-14-9(16-7)6-11-4-5-12-10(15)8-2-3-8/h8,11H,2-6H2,1H3,(H,12,15). The van der Waals surface area contributed by atoms with Crippen molar-refractivity contribution in [2.24, 2.45) is 5.92 Å². The van der Waals surface area contributed by atoms with Crippen LogP contribution in [0.2, 0.25) is 0 Å². The molecule has 1 heterocycles. The first-order valence-corrected chi connectivity index (χ1v) is 5.53. The topological polar surface area (TPSA) is 80.0 Å². The highest BCUT2D eigenvalue weighted by Gasteiger charge is 2.28. The Bertz CT molecular complexity index is 359. The number of carbonyl (C=O) groups is 1. The number of aryl methyl sites for hydroxylation is 1. The molecule has 0 bridgehead atoms. The van der Waals surface area contributed by atoms with Crippen molar-refractivity contribution in [2.45, 2.75) is 26.3 Å². The summed E-state index contributed by atoms with van der Waals surface area (Å²) < 4.78 is 5.19. The molecule has 2 N–H and O–H groups in total. The summed E-state index contributed by atoms with van der Waals surface area (Å²) in [6, 6.07) is 0. The van der Waals surface area contributed by atoms with Crippen LogP contribution in [-0.4, -0.2) is 29.2 Å². The van der Waals surface area contributed by atoms with Crippen molar-refractivity contribution >= 4 is 5.91 Å². The lowest BCUT2D eigenvalue weighted by atomic mass is 10.4. The van der Waals surface area contributed by atoms with Gasteiger partial charge in [-0.2, -0.15) is 0 Å². The van der Waals surface area contributed by atoms with Crippen LogP contribution in [0, 0.1) is 12.8 Å². The quantitative estimate of drug-likeness (QED) is 0.664. The molecule has 6 heteroatoms. The number of nitrogens with zero attached hydrogens (tertiary/aromatic N) is 2. The van der Waals surface area contributed by atoms with Crippen molar-refractivity contribution in [3.8, 4) is 0 Å². The average Bonchev–Trinajstić information content (AvgIpc) is 3.03. The van der Waals surface area contributed by atoms with Crippen LogP contribution in [0.3, 0.4) is 0 Å². The molecule has 0 radical (unpaired) electrons. The Kier molecular flexibility index (Phi) is 3.51. The molecule has 0 atom stereocenters. The van der Waals surface area contributed by atoms with E-state index in [0.29, 0.717) is 31.4 Å². The van der Waals surface area contributed by atoms with Crippen molar-refractivity contribution in [3.63, 3.8) is 0 Å². The summed E-state index contributed by atoms with van der Waals surface area (Å²) in [5, 5.41) is 13.6. The summed E-state index contributed by atoms with van der Waals surface area (Å²) in [4.78, 5) is 11.3. The summed E-state index contributed by atoms with van der Waals surface area (Å²) in [5.74, 6) is 1.60. The van der Waals surface area contributed by atoms with Gasteiger partial charge < -0.3 is 15.1 Å². The molecule has 6 nitrogen and oxygen atoms in total. The van der Waals surface area contributed by atoms with E-state index >= 15 is 0 Å². The number of aromatic nitrogens is 2. The minimum atomic E-state index is 0.176. The number of nitrogens with one attached hydrogen (secondary N) is 2. The fourth-order valence-electron chi connectivity index (χ4n) is 1.37. The van der Waals surface area contributed by atoms with E-state index in [9.17, 15) is 4.79 Å². The Balaban J connectivity index is 1.53. The average molecular weight is 224 g/mol. The highest BCUT2D eigenvalue weighted by atomic mass is 16.4. The van der Waals surface area contributed by atoms with Gasteiger partial charge >= 0.3 is 0 Å². The van der Waals surface area contributed by atoms with E-state index in [-0.39, 0.29) is 11.8 Å². The lowest BCUT2D eigenvalue weighted by molar-refractivity contribution is -0.122. The lowest BCUT2D eigenvalue weighted by Gasteiger charge is -2.04. The Morgan fingerprint density at radius 3 is 2.88 bits per heavy atom. The normalized spacial score (nSPS) is 15.1. The van der Waals surface area contributed by atoms with E-state index in [0.717, 1.165) is 12.8 Å². The van der Waals surface area contributed by atoms with Gasteiger partial charge in [-0.1, -0.05) is 0 Å². The maximum absolute atomic E-state index is 11.3. The van der Waals surface area contributed by atoms with Gasteiger partial charge in [-0.15, -0.1) is 10.2 Å². The molecular weight excluding hydrogens is 208 g/mol. The molecule has 1 fully saturated rings. The van der Waals surface area contributed by atoms with Crippen LogP contribution in [-0.2, 0) is 11.3 Å². The van der Waals surface area contributed by atoms with Gasteiger partial charge in [0.25, 0.3) is 0 Å². The predicted octanol–water partition coefficient (Wildman–Crippen LogP) is -0.00618. The molecule has 0 aliphatic heterocycles. The molecule has 1 amide bonds. The monoisotopic (exact) mass is 224 g/mol. The second kappa shape index (κ2) is 5.07. The Morgan fingerprint density at radius 2 is 2.25 bits per heavy atom. The summed E-state index contributed by atoms with van der Waals surface area (Å²) in [6.45, 7) is 3.65. The van der Waals surface area contributed by atoms with Crippen LogP contribution in [0.5, 0.6) is 0 Å². The molecule has 1 saturated carbocycles. The van der Waals surface area contributed by atoms with Gasteiger partial charge in [0.05, 0.1) is 6.54 Å². The van der Waals surface area contributed by atoms with Crippen LogP contribution < -0.4 is 10.6 Å². The Hall–Kier alpha value is -1.43. The SMILES string of the molecule is Cc1nnc(CNCCNC(=O)C2CC2)o1. The Morgan fingerprint density at radius 1 is 1.44 bits per heavy atom. The second-order valence-corrected chi connectivity index (χ2v) is 3.96. The number of rotatable bonds is 6. The first-order chi connectivity index (χ1) is 7.75. The van der Waals surface area contributed by atoms with Crippen LogP contribution in [0.25, 0.3) is 0 Å². The number of hydrogen-bond donors (Lipinski definition) is 2. The molecular formula is C10H16N4O2. The summed E-state index contributed by atoms with van der Waals surface area (Å²) in [7, 11) is 0. The smallest absolute Gasteiger partial charge is 0.230 e. The lowest BCUT2D eigenvalue weighted by Crippen LogP contribution is -2.32. The largest absolute Gasteiger partial charge is 0.424 e. The third-order valence-electron chi connectivity index (χ3n) is 2.39. The number of carbonyl (C=O) groups excluding carboxylic acids is 1. The molecule has 1 aromatic rings. The molecule has 1 aliphatic carbocycles. The fraction of sp³-hybridized carbons (Fsp3) is 0.700. The highest BCUT2D eigenvalue weighted by molar-refractivity contribution is 5.80. The van der Waals surface area contributed by atoms with Gasteiger partial charge in [0.2, 0.25) is 17.7 Å². The predicted molar refractivity (Wildman–Crippen MR) is 56.5 cm³/mol. The third kappa shape index (κ3) is 3.30. The minimum absolute atomic E-state index is 0.176. The van der Waals surface area contributed by atoms with Crippen molar-refractivity contribution in [3.05, 3.63) is 11.8 Å². The molecule has 0 saturated heterocycles. The van der Waals surface area contributed by atoms with Crippen molar-refractivity contribution in [1.29, 1.82) is 0 Å². The summed E-state index contributed by atoms with van der Waals surface area (Å²) in [6.07, 6.45) is 2.08. The highest BCUT2D eigenvalue weighted by Crippen LogP contribution is 2.28. The van der Waals surface area contributed by atoms with Gasteiger partial charge in [0.1, 0.15) is 0 Å². The third-order valence-corrected chi connectivity index (χ3v) is 2.39. The molecule has 2 rings (SSSR count). The molecule has 0 unspecified atom stereocenters. The first-order valence-electron chi connectivity index (χ1n) is 5.53. The van der Waals surface area contributed by atoms with Crippen molar-refractivity contribution < 1.29 is 9.21 Å². The zero-order chi connectivity index (χ0) is 11.4.